The number of nitrogens with zero attached hydrogens (tertiary/aromatic N) is 3. The van der Waals surface area contributed by atoms with Crippen LogP contribution in [0.5, 0.6) is 5.75 Å². The maximum absolute atomic E-state index is 13.7. The second-order valence-corrected chi connectivity index (χ2v) is 10.1. The van der Waals surface area contributed by atoms with Crippen LogP contribution in [0.3, 0.4) is 0 Å². The number of aromatic nitrogens is 1. The summed E-state index contributed by atoms with van der Waals surface area (Å²) >= 11 is 1.19. The van der Waals surface area contributed by atoms with E-state index in [1.807, 2.05) is 0 Å². The lowest BCUT2D eigenvalue weighted by Crippen LogP contribution is -2.39. The Labute approximate surface area is 237 Å². The third-order valence-corrected chi connectivity index (χ3v) is 7.42. The summed E-state index contributed by atoms with van der Waals surface area (Å²) in [6.45, 7) is 3.78. The first-order chi connectivity index (χ1) is 19.7. The fourth-order valence-electron chi connectivity index (χ4n) is 4.44. The smallest absolute Gasteiger partial charge is 0.338 e. The van der Waals surface area contributed by atoms with Gasteiger partial charge in [0.15, 0.2) is 4.80 Å². The van der Waals surface area contributed by atoms with Gasteiger partial charge in [-0.05, 0) is 73.0 Å². The van der Waals surface area contributed by atoms with Gasteiger partial charge in [-0.1, -0.05) is 35.6 Å². The lowest BCUT2D eigenvalue weighted by atomic mass is 9.96. The zero-order chi connectivity index (χ0) is 29.1. The number of rotatable bonds is 8. The number of esters is 1. The van der Waals surface area contributed by atoms with E-state index in [1.54, 1.807) is 68.5 Å². The minimum atomic E-state index is -0.816. The Hall–Kier alpha value is -4.90. The molecule has 2 heterocycles. The van der Waals surface area contributed by atoms with E-state index in [0.717, 1.165) is 11.1 Å². The van der Waals surface area contributed by atoms with Gasteiger partial charge in [0, 0.05) is 12.1 Å². The van der Waals surface area contributed by atoms with Gasteiger partial charge in [-0.3, -0.25) is 19.5 Å². The van der Waals surface area contributed by atoms with Crippen LogP contribution in [0.2, 0.25) is 0 Å². The first-order valence-corrected chi connectivity index (χ1v) is 13.5. The van der Waals surface area contributed by atoms with Crippen molar-refractivity contribution in [2.45, 2.75) is 26.5 Å². The van der Waals surface area contributed by atoms with Crippen molar-refractivity contribution in [3.8, 4) is 5.75 Å². The Balaban J connectivity index is 1.44. The number of ether oxygens (including phenoxy) is 2. The third kappa shape index (κ3) is 5.85. The highest BCUT2D eigenvalue weighted by Crippen LogP contribution is 2.30. The first kappa shape index (κ1) is 27.7. The molecule has 1 unspecified atom stereocenters. The van der Waals surface area contributed by atoms with Crippen LogP contribution in [-0.2, 0) is 16.1 Å². The molecule has 5 rings (SSSR count). The lowest BCUT2D eigenvalue weighted by molar-refractivity contribution is -0.384. The van der Waals surface area contributed by atoms with Crippen molar-refractivity contribution >= 4 is 29.1 Å². The second-order valence-electron chi connectivity index (χ2n) is 9.14. The molecule has 1 aliphatic heterocycles. The number of hydrogen-bond donors (Lipinski definition) is 0. The highest BCUT2D eigenvalue weighted by molar-refractivity contribution is 7.07. The summed E-state index contributed by atoms with van der Waals surface area (Å²) in [6, 6.07) is 18.1. The standard InChI is InChI=1S/C30H24FN3O6S/c1-3-39-29(36)26-18(2)32-30-33(27(26)21-8-10-22(31)11-9-21)28(35)25(41-30)16-19-6-14-24(15-7-19)40-17-20-4-12-23(13-5-20)34(37)38/h4-16,27H,3,17H2,1-2H3/b25-16-. The van der Waals surface area contributed by atoms with Crippen molar-refractivity contribution in [3.63, 3.8) is 0 Å². The van der Waals surface area contributed by atoms with Gasteiger partial charge < -0.3 is 9.47 Å². The maximum Gasteiger partial charge on any atom is 0.338 e. The Morgan fingerprint density at radius 1 is 1.10 bits per heavy atom. The zero-order valence-corrected chi connectivity index (χ0v) is 22.9. The molecule has 0 bridgehead atoms. The number of benzene rings is 3. The molecule has 3 aromatic carbocycles. The van der Waals surface area contributed by atoms with Gasteiger partial charge in [-0.2, -0.15) is 0 Å². The number of carbonyl (C=O) groups excluding carboxylic acids is 1. The molecule has 0 aliphatic carbocycles. The third-order valence-electron chi connectivity index (χ3n) is 6.43. The van der Waals surface area contributed by atoms with E-state index < -0.39 is 22.8 Å². The quantitative estimate of drug-likeness (QED) is 0.175. The van der Waals surface area contributed by atoms with Crippen molar-refractivity contribution in [1.82, 2.24) is 4.57 Å². The Morgan fingerprint density at radius 3 is 2.41 bits per heavy atom. The van der Waals surface area contributed by atoms with Crippen molar-refractivity contribution < 1.29 is 23.6 Å². The molecule has 1 aromatic heterocycles. The van der Waals surface area contributed by atoms with Gasteiger partial charge in [-0.15, -0.1) is 0 Å². The largest absolute Gasteiger partial charge is 0.489 e. The van der Waals surface area contributed by atoms with Crippen molar-refractivity contribution in [2.75, 3.05) is 6.61 Å². The van der Waals surface area contributed by atoms with E-state index in [2.05, 4.69) is 4.99 Å². The average molecular weight is 574 g/mol. The molecule has 1 atom stereocenters. The van der Waals surface area contributed by atoms with Gasteiger partial charge in [0.25, 0.3) is 11.2 Å². The number of carbonyl (C=O) groups is 1. The molecule has 4 aromatic rings. The predicted molar refractivity (Wildman–Crippen MR) is 151 cm³/mol. The molecule has 9 nitrogen and oxygen atoms in total. The minimum Gasteiger partial charge on any atom is -0.489 e. The number of fused-ring (bicyclic) bond motifs is 1. The molecular formula is C30H24FN3O6S. The lowest BCUT2D eigenvalue weighted by Gasteiger charge is -2.24. The Morgan fingerprint density at radius 2 is 1.78 bits per heavy atom. The monoisotopic (exact) mass is 573 g/mol. The zero-order valence-electron chi connectivity index (χ0n) is 22.1. The van der Waals surface area contributed by atoms with Crippen molar-refractivity contribution in [3.05, 3.63) is 136 Å². The molecule has 41 heavy (non-hydrogen) atoms. The van der Waals surface area contributed by atoms with Crippen LogP contribution in [0.1, 0.15) is 36.6 Å². The summed E-state index contributed by atoms with van der Waals surface area (Å²) < 4.78 is 26.6. The molecule has 0 saturated heterocycles. The summed E-state index contributed by atoms with van der Waals surface area (Å²) in [6.07, 6.45) is 1.73. The van der Waals surface area contributed by atoms with Crippen molar-refractivity contribution in [2.24, 2.45) is 4.99 Å². The summed E-state index contributed by atoms with van der Waals surface area (Å²) in [5.41, 5.74) is 2.43. The molecule has 0 radical (unpaired) electrons. The number of thiazole rings is 1. The van der Waals surface area contributed by atoms with E-state index in [9.17, 15) is 24.1 Å². The van der Waals surface area contributed by atoms with E-state index in [-0.39, 0.29) is 30.0 Å². The first-order valence-electron chi connectivity index (χ1n) is 12.7. The van der Waals surface area contributed by atoms with E-state index in [4.69, 9.17) is 9.47 Å². The SMILES string of the molecule is CCOC(=O)C1=C(C)N=c2s/c(=C\c3ccc(OCc4ccc([N+](=O)[O-])cc4)cc3)c(=O)n2C1c1ccc(F)cc1. The maximum atomic E-state index is 13.7. The van der Waals surface area contributed by atoms with Gasteiger partial charge in [-0.25, -0.2) is 14.2 Å². The molecule has 0 N–H and O–H groups in total. The molecule has 0 fully saturated rings. The summed E-state index contributed by atoms with van der Waals surface area (Å²) in [5, 5.41) is 10.8. The van der Waals surface area contributed by atoms with Crippen LogP contribution < -0.4 is 19.6 Å². The second kappa shape index (κ2) is 11.7. The Kier molecular flexibility index (Phi) is 7.88. The molecule has 208 valence electrons. The molecule has 11 heteroatoms. The summed E-state index contributed by atoms with van der Waals surface area (Å²) in [4.78, 5) is 41.9. The van der Waals surface area contributed by atoms with Crippen LogP contribution in [0.25, 0.3) is 6.08 Å². The number of nitro benzene ring substituents is 1. The molecule has 1 aliphatic rings. The minimum absolute atomic E-state index is 0.0136. The number of hydrogen-bond acceptors (Lipinski definition) is 8. The molecule has 0 amide bonds. The normalized spacial score (nSPS) is 14.8. The summed E-state index contributed by atoms with van der Waals surface area (Å²) in [7, 11) is 0. The Bertz CT molecular complexity index is 1830. The predicted octanol–water partition coefficient (Wildman–Crippen LogP) is 4.42. The number of non-ortho nitro benzene ring substituents is 1. The number of allylic oxidation sites excluding steroid dienone is 1. The number of nitro groups is 1. The topological polar surface area (TPSA) is 113 Å². The van der Waals surface area contributed by atoms with E-state index in [1.165, 1.54) is 40.2 Å². The van der Waals surface area contributed by atoms with Gasteiger partial charge in [0.2, 0.25) is 0 Å². The van der Waals surface area contributed by atoms with Gasteiger partial charge >= 0.3 is 5.97 Å². The van der Waals surface area contributed by atoms with Crippen LogP contribution in [0.15, 0.2) is 93.9 Å². The molecule has 0 saturated carbocycles. The average Bonchev–Trinajstić information content (AvgIpc) is 3.26. The van der Waals surface area contributed by atoms with Crippen LogP contribution in [-0.4, -0.2) is 22.1 Å². The van der Waals surface area contributed by atoms with Crippen LogP contribution >= 0.6 is 11.3 Å². The fraction of sp³-hybridized carbons (Fsp3) is 0.167. The molecular weight excluding hydrogens is 549 g/mol. The summed E-state index contributed by atoms with van der Waals surface area (Å²) in [5.74, 6) is -0.422. The van der Waals surface area contributed by atoms with Crippen molar-refractivity contribution in [1.29, 1.82) is 0 Å². The van der Waals surface area contributed by atoms with Gasteiger partial charge in [0.05, 0.1) is 33.4 Å². The van der Waals surface area contributed by atoms with Crippen LogP contribution in [0.4, 0.5) is 10.1 Å². The van der Waals surface area contributed by atoms with Gasteiger partial charge in [0.1, 0.15) is 18.2 Å². The fourth-order valence-corrected chi connectivity index (χ4v) is 5.49. The van der Waals surface area contributed by atoms with E-state index in [0.29, 0.717) is 26.3 Å². The van der Waals surface area contributed by atoms with E-state index >= 15 is 0 Å². The molecule has 0 spiro atoms. The van der Waals surface area contributed by atoms with Crippen LogP contribution in [0, 0.1) is 15.9 Å². The highest BCUT2D eigenvalue weighted by atomic mass is 32.1. The number of halogens is 1. The highest BCUT2D eigenvalue weighted by Gasteiger charge is 2.33.